The van der Waals surface area contributed by atoms with Crippen molar-refractivity contribution in [2.24, 2.45) is 0 Å². The molecule has 2 aromatic heterocycles. The summed E-state index contributed by atoms with van der Waals surface area (Å²) in [6, 6.07) is 16.7. The number of hydrogen-bond acceptors (Lipinski definition) is 4. The summed E-state index contributed by atoms with van der Waals surface area (Å²) in [4.78, 5) is 18.9. The minimum Gasteiger partial charge on any atom is -0.363 e. The van der Waals surface area contributed by atoms with E-state index in [0.717, 1.165) is 22.2 Å². The zero-order chi connectivity index (χ0) is 22.1. The van der Waals surface area contributed by atoms with E-state index in [2.05, 4.69) is 15.4 Å². The number of carbonyl (C=O) groups is 1. The van der Waals surface area contributed by atoms with Gasteiger partial charge in [-0.05, 0) is 60.2 Å². The second kappa shape index (κ2) is 8.20. The number of rotatable bonds is 4. The minimum atomic E-state index is -0.320. The van der Waals surface area contributed by atoms with Gasteiger partial charge in [-0.1, -0.05) is 23.7 Å². The highest BCUT2D eigenvalue weighted by molar-refractivity contribution is 6.31. The number of aryl methyl sites for hydroxylation is 1. The molecule has 0 saturated heterocycles. The van der Waals surface area contributed by atoms with Crippen LogP contribution >= 0.6 is 11.6 Å². The van der Waals surface area contributed by atoms with E-state index in [4.69, 9.17) is 17.0 Å². The smallest absolute Gasteiger partial charge is 0.275 e. The third kappa shape index (κ3) is 4.27. The predicted molar refractivity (Wildman–Crippen MR) is 124 cm³/mol. The number of hydrogen-bond donors (Lipinski definition) is 2. The number of pyridine rings is 1. The summed E-state index contributed by atoms with van der Waals surface area (Å²) >= 11 is 6.07. The molecule has 0 atom stereocenters. The molecule has 1 amide bonds. The van der Waals surface area contributed by atoms with E-state index in [1.54, 1.807) is 48.1 Å². The second-order valence-corrected chi connectivity index (χ2v) is 7.82. The van der Waals surface area contributed by atoms with Gasteiger partial charge in [0.2, 0.25) is 0 Å². The fourth-order valence-electron chi connectivity index (χ4n) is 3.24. The Hall–Kier alpha value is -3.71. The Labute approximate surface area is 184 Å². The first kappa shape index (κ1) is 20.6. The van der Waals surface area contributed by atoms with Crippen molar-refractivity contribution in [1.29, 1.82) is 5.41 Å². The zero-order valence-corrected chi connectivity index (χ0v) is 18.1. The van der Waals surface area contributed by atoms with Crippen LogP contribution in [0.2, 0.25) is 5.02 Å². The summed E-state index contributed by atoms with van der Waals surface area (Å²) in [5.41, 5.74) is 2.57. The fourth-order valence-corrected chi connectivity index (χ4v) is 3.42. The van der Waals surface area contributed by atoms with Crippen LogP contribution in [-0.4, -0.2) is 45.5 Å². The maximum absolute atomic E-state index is 13.0. The molecule has 4 rings (SSSR count). The molecule has 7 nitrogen and oxygen atoms in total. The Morgan fingerprint density at radius 2 is 1.81 bits per heavy atom. The number of nitrogens with zero attached hydrogens (tertiary/aromatic N) is 4. The molecule has 2 aromatic carbocycles. The molecule has 8 heteroatoms. The van der Waals surface area contributed by atoms with Gasteiger partial charge in [0.05, 0.1) is 11.4 Å². The van der Waals surface area contributed by atoms with Gasteiger partial charge in [0.15, 0.2) is 0 Å². The first-order chi connectivity index (χ1) is 14.8. The first-order valence-electron chi connectivity index (χ1n) is 9.62. The minimum absolute atomic E-state index is 0.320. The molecular formula is C23H21ClN6O. The number of anilines is 1. The van der Waals surface area contributed by atoms with Crippen LogP contribution in [0.1, 0.15) is 21.7 Å². The summed E-state index contributed by atoms with van der Waals surface area (Å²) < 4.78 is 1.62. The third-order valence-electron chi connectivity index (χ3n) is 4.82. The van der Waals surface area contributed by atoms with Gasteiger partial charge >= 0.3 is 0 Å². The molecule has 0 unspecified atom stereocenters. The van der Waals surface area contributed by atoms with Crippen LogP contribution in [-0.2, 0) is 0 Å². The topological polar surface area (TPSA) is 86.9 Å². The molecule has 0 fully saturated rings. The summed E-state index contributed by atoms with van der Waals surface area (Å²) in [6.45, 7) is 1.84. The molecule has 0 aliphatic rings. The van der Waals surface area contributed by atoms with E-state index in [1.165, 1.54) is 0 Å². The van der Waals surface area contributed by atoms with Crippen LogP contribution < -0.4 is 5.32 Å². The Bertz CT molecular complexity index is 1290. The van der Waals surface area contributed by atoms with Gasteiger partial charge in [-0.2, -0.15) is 5.10 Å². The highest BCUT2D eigenvalue weighted by Gasteiger charge is 2.17. The lowest BCUT2D eigenvalue weighted by Crippen LogP contribution is -2.22. The maximum Gasteiger partial charge on any atom is 0.275 e. The van der Waals surface area contributed by atoms with Gasteiger partial charge in [0, 0.05) is 30.9 Å². The van der Waals surface area contributed by atoms with Gasteiger partial charge in [-0.15, -0.1) is 0 Å². The molecule has 0 saturated carbocycles. The Kier molecular flexibility index (Phi) is 5.44. The lowest BCUT2D eigenvalue weighted by molar-refractivity contribution is 0.101. The second-order valence-electron chi connectivity index (χ2n) is 7.39. The van der Waals surface area contributed by atoms with E-state index in [1.807, 2.05) is 43.3 Å². The number of aromatic nitrogens is 3. The van der Waals surface area contributed by atoms with Crippen molar-refractivity contribution in [3.05, 3.63) is 82.8 Å². The molecule has 4 aromatic rings. The van der Waals surface area contributed by atoms with Crippen molar-refractivity contribution in [3.63, 3.8) is 0 Å². The van der Waals surface area contributed by atoms with E-state index < -0.39 is 0 Å². The Morgan fingerprint density at radius 1 is 1.06 bits per heavy atom. The lowest BCUT2D eigenvalue weighted by Gasteiger charge is -2.13. The number of nitrogens with one attached hydrogen (secondary N) is 2. The third-order valence-corrected chi connectivity index (χ3v) is 5.06. The number of fused-ring (bicyclic) bond motifs is 1. The molecule has 31 heavy (non-hydrogen) atoms. The van der Waals surface area contributed by atoms with E-state index in [9.17, 15) is 4.79 Å². The molecule has 2 N–H and O–H groups in total. The number of amides is 1. The lowest BCUT2D eigenvalue weighted by atomic mass is 10.1. The van der Waals surface area contributed by atoms with Gasteiger partial charge in [0.25, 0.3) is 5.91 Å². The van der Waals surface area contributed by atoms with Gasteiger partial charge in [-0.25, -0.2) is 9.67 Å². The van der Waals surface area contributed by atoms with Crippen LogP contribution in [0.15, 0.2) is 60.8 Å². The number of amidine groups is 1. The van der Waals surface area contributed by atoms with Gasteiger partial charge < -0.3 is 10.2 Å². The number of benzene rings is 2. The maximum atomic E-state index is 13.0. The Balaban J connectivity index is 1.62. The van der Waals surface area contributed by atoms with Crippen molar-refractivity contribution < 1.29 is 4.79 Å². The van der Waals surface area contributed by atoms with E-state index in [-0.39, 0.29) is 5.91 Å². The fraction of sp³-hybridized carbons (Fsp3) is 0.130. The van der Waals surface area contributed by atoms with Gasteiger partial charge in [0.1, 0.15) is 17.3 Å². The molecule has 156 valence electrons. The molecule has 2 heterocycles. The first-order valence-corrected chi connectivity index (χ1v) is 9.99. The van der Waals surface area contributed by atoms with Crippen LogP contribution in [0.3, 0.4) is 0 Å². The predicted octanol–water partition coefficient (Wildman–Crippen LogP) is 4.52. The van der Waals surface area contributed by atoms with Crippen molar-refractivity contribution in [3.8, 4) is 5.69 Å². The average Bonchev–Trinajstić information content (AvgIpc) is 3.15. The van der Waals surface area contributed by atoms with Crippen molar-refractivity contribution >= 4 is 39.9 Å². The van der Waals surface area contributed by atoms with Crippen LogP contribution in [0, 0.1) is 12.3 Å². The average molecular weight is 433 g/mol. The van der Waals surface area contributed by atoms with E-state index >= 15 is 0 Å². The summed E-state index contributed by atoms with van der Waals surface area (Å²) in [5.74, 6) is 0.426. The van der Waals surface area contributed by atoms with Crippen molar-refractivity contribution in [1.82, 2.24) is 19.7 Å². The van der Waals surface area contributed by atoms with Crippen LogP contribution in [0.5, 0.6) is 0 Å². The largest absolute Gasteiger partial charge is 0.363 e. The highest BCUT2D eigenvalue weighted by Crippen LogP contribution is 2.23. The van der Waals surface area contributed by atoms with Crippen molar-refractivity contribution in [2.75, 3.05) is 19.4 Å². The molecule has 0 bridgehead atoms. The number of carbonyl (C=O) groups excluding carboxylic acids is 1. The molecular weight excluding hydrogens is 412 g/mol. The van der Waals surface area contributed by atoms with Crippen LogP contribution in [0.4, 0.5) is 5.82 Å². The van der Waals surface area contributed by atoms with Crippen molar-refractivity contribution in [2.45, 2.75) is 6.92 Å². The molecule has 0 aliphatic heterocycles. The quantitative estimate of drug-likeness (QED) is 0.366. The van der Waals surface area contributed by atoms with Crippen LogP contribution in [0.25, 0.3) is 16.5 Å². The van der Waals surface area contributed by atoms with E-state index in [0.29, 0.717) is 27.9 Å². The summed E-state index contributed by atoms with van der Waals surface area (Å²) in [5, 5.41) is 18.0. The summed E-state index contributed by atoms with van der Waals surface area (Å²) in [7, 11) is 3.59. The molecule has 0 aliphatic carbocycles. The highest BCUT2D eigenvalue weighted by atomic mass is 35.5. The standard InChI is InChI=1S/C23H21ClN6O/c1-14-10-20(23(31)27-21-9-6-17(13-26-21)22(25)29(2)3)30(28-14)19-8-5-15-11-18(24)7-4-16(15)12-19/h4-13,25H,1-3H3,(H,26,27,31). The monoisotopic (exact) mass is 432 g/mol. The molecule has 0 spiro atoms. The zero-order valence-electron chi connectivity index (χ0n) is 17.3. The summed E-state index contributed by atoms with van der Waals surface area (Å²) in [6.07, 6.45) is 1.56. The SMILES string of the molecule is Cc1cc(C(=O)Nc2ccc(C(=N)N(C)C)cn2)n(-c2ccc3cc(Cl)ccc3c2)n1. The Morgan fingerprint density at radius 3 is 2.52 bits per heavy atom. The van der Waals surface area contributed by atoms with Gasteiger partial charge in [-0.3, -0.25) is 10.2 Å². The normalized spacial score (nSPS) is 10.8. The molecule has 0 radical (unpaired) electrons. The number of halogens is 1.